The van der Waals surface area contributed by atoms with Gasteiger partial charge in [-0.1, -0.05) is 0 Å². The molecule has 0 saturated carbocycles. The number of hydrogen-bond acceptors (Lipinski definition) is 4. The van der Waals surface area contributed by atoms with Gasteiger partial charge in [0.25, 0.3) is 0 Å². The number of benzene rings is 1. The van der Waals surface area contributed by atoms with E-state index in [2.05, 4.69) is 9.55 Å². The molecule has 1 aliphatic rings. The van der Waals surface area contributed by atoms with Gasteiger partial charge >= 0.3 is 0 Å². The van der Waals surface area contributed by atoms with Crippen LogP contribution in [0.1, 0.15) is 38.1 Å². The molecule has 0 spiro atoms. The van der Waals surface area contributed by atoms with Crippen molar-refractivity contribution in [1.82, 2.24) is 9.55 Å². The van der Waals surface area contributed by atoms with Gasteiger partial charge in [-0.3, -0.25) is 0 Å². The molecule has 2 atom stereocenters. The van der Waals surface area contributed by atoms with Gasteiger partial charge in [0, 0.05) is 12.3 Å². The third-order valence-electron chi connectivity index (χ3n) is 3.84. The van der Waals surface area contributed by atoms with Gasteiger partial charge in [0.1, 0.15) is 11.9 Å². The van der Waals surface area contributed by atoms with Crippen LogP contribution in [0.25, 0.3) is 11.0 Å². The molecule has 5 nitrogen and oxygen atoms in total. The van der Waals surface area contributed by atoms with E-state index >= 15 is 0 Å². The van der Waals surface area contributed by atoms with Crippen LogP contribution >= 0.6 is 0 Å². The third kappa shape index (κ3) is 2.51. The zero-order valence-corrected chi connectivity index (χ0v) is 11.7. The fourth-order valence-electron chi connectivity index (χ4n) is 2.83. The van der Waals surface area contributed by atoms with E-state index in [1.807, 2.05) is 18.2 Å². The molecule has 2 unspecified atom stereocenters. The summed E-state index contributed by atoms with van der Waals surface area (Å²) in [4.78, 5) is 4.52. The summed E-state index contributed by atoms with van der Waals surface area (Å²) in [5.41, 5.74) is 8.33. The molecule has 20 heavy (non-hydrogen) atoms. The van der Waals surface area contributed by atoms with Crippen molar-refractivity contribution >= 4 is 16.7 Å². The summed E-state index contributed by atoms with van der Waals surface area (Å²) >= 11 is 0. The fraction of sp³-hybridized carbons (Fsp3) is 0.533. The number of anilines is 1. The summed E-state index contributed by atoms with van der Waals surface area (Å²) in [6, 6.07) is 5.68. The Labute approximate surface area is 118 Å². The largest absolute Gasteiger partial charge is 0.399 e. The maximum atomic E-state index is 9.95. The predicted molar refractivity (Wildman–Crippen MR) is 78.4 cm³/mol. The first-order chi connectivity index (χ1) is 9.65. The Morgan fingerprint density at radius 1 is 1.50 bits per heavy atom. The van der Waals surface area contributed by atoms with E-state index in [1.54, 1.807) is 6.92 Å². The van der Waals surface area contributed by atoms with Crippen molar-refractivity contribution in [1.29, 1.82) is 0 Å². The number of ether oxygens (including phenoxy) is 1. The third-order valence-corrected chi connectivity index (χ3v) is 3.84. The van der Waals surface area contributed by atoms with Crippen LogP contribution in [0, 0.1) is 0 Å². The lowest BCUT2D eigenvalue weighted by atomic mass is 10.1. The van der Waals surface area contributed by atoms with Crippen molar-refractivity contribution < 1.29 is 9.84 Å². The molecule has 1 aromatic carbocycles. The number of aliphatic hydroxyl groups is 1. The van der Waals surface area contributed by atoms with Crippen LogP contribution in [0.2, 0.25) is 0 Å². The summed E-state index contributed by atoms with van der Waals surface area (Å²) in [6.07, 6.45) is 3.01. The predicted octanol–water partition coefficient (Wildman–Crippen LogP) is 2.24. The molecule has 3 rings (SSSR count). The first-order valence-corrected chi connectivity index (χ1v) is 7.20. The highest BCUT2D eigenvalue weighted by atomic mass is 16.5. The van der Waals surface area contributed by atoms with Crippen molar-refractivity contribution in [2.75, 3.05) is 12.3 Å². The van der Waals surface area contributed by atoms with Gasteiger partial charge in [-0.15, -0.1) is 0 Å². The standard InChI is InChI=1S/C15H21N3O2/c1-10(19)15-17-13-8-11(16)5-6-14(13)18(15)9-12-4-2-3-7-20-12/h5-6,8,10,12,19H,2-4,7,9,16H2,1H3. The average Bonchev–Trinajstić information content (AvgIpc) is 2.78. The number of fused-ring (bicyclic) bond motifs is 1. The molecule has 5 heteroatoms. The van der Waals surface area contributed by atoms with E-state index in [-0.39, 0.29) is 6.10 Å². The molecule has 1 aliphatic heterocycles. The fourth-order valence-corrected chi connectivity index (χ4v) is 2.83. The van der Waals surface area contributed by atoms with Crippen molar-refractivity contribution in [3.05, 3.63) is 24.0 Å². The Morgan fingerprint density at radius 2 is 2.35 bits per heavy atom. The minimum Gasteiger partial charge on any atom is -0.399 e. The van der Waals surface area contributed by atoms with Crippen molar-refractivity contribution in [2.45, 2.75) is 44.9 Å². The molecule has 3 N–H and O–H groups in total. The number of aliphatic hydroxyl groups excluding tert-OH is 1. The van der Waals surface area contributed by atoms with Gasteiger partial charge in [-0.05, 0) is 44.4 Å². The molecular weight excluding hydrogens is 254 g/mol. The second-order valence-electron chi connectivity index (χ2n) is 5.49. The quantitative estimate of drug-likeness (QED) is 0.843. The number of imidazole rings is 1. The van der Waals surface area contributed by atoms with Gasteiger partial charge in [-0.2, -0.15) is 0 Å². The van der Waals surface area contributed by atoms with E-state index < -0.39 is 6.10 Å². The van der Waals surface area contributed by atoms with E-state index in [0.717, 1.165) is 37.0 Å². The molecule has 1 saturated heterocycles. The summed E-state index contributed by atoms with van der Waals surface area (Å²) in [7, 11) is 0. The van der Waals surface area contributed by atoms with Crippen LogP contribution < -0.4 is 5.73 Å². The van der Waals surface area contributed by atoms with E-state index in [1.165, 1.54) is 6.42 Å². The summed E-state index contributed by atoms with van der Waals surface area (Å²) in [5, 5.41) is 9.95. The Hall–Kier alpha value is -1.59. The highest BCUT2D eigenvalue weighted by Gasteiger charge is 2.20. The molecule has 1 aromatic heterocycles. The first kappa shape index (κ1) is 13.4. The Balaban J connectivity index is 1.99. The van der Waals surface area contributed by atoms with Gasteiger partial charge < -0.3 is 20.1 Å². The van der Waals surface area contributed by atoms with Crippen LogP contribution in [0.4, 0.5) is 5.69 Å². The normalized spacial score (nSPS) is 21.2. The second kappa shape index (κ2) is 5.42. The van der Waals surface area contributed by atoms with Crippen molar-refractivity contribution in [3.63, 3.8) is 0 Å². The summed E-state index contributed by atoms with van der Waals surface area (Å²) < 4.78 is 7.87. The molecule has 1 fully saturated rings. The maximum absolute atomic E-state index is 9.95. The van der Waals surface area contributed by atoms with Crippen LogP contribution in [-0.4, -0.2) is 27.4 Å². The van der Waals surface area contributed by atoms with Gasteiger partial charge in [0.2, 0.25) is 0 Å². The monoisotopic (exact) mass is 275 g/mol. The first-order valence-electron chi connectivity index (χ1n) is 7.20. The number of nitrogen functional groups attached to an aromatic ring is 1. The Kier molecular flexibility index (Phi) is 3.63. The molecule has 2 aromatic rings. The van der Waals surface area contributed by atoms with E-state index in [0.29, 0.717) is 11.5 Å². The Bertz CT molecular complexity index is 600. The second-order valence-corrected chi connectivity index (χ2v) is 5.49. The van der Waals surface area contributed by atoms with Crippen LogP contribution in [0.5, 0.6) is 0 Å². The lowest BCUT2D eigenvalue weighted by Gasteiger charge is -2.24. The summed E-state index contributed by atoms with van der Waals surface area (Å²) in [6.45, 7) is 3.30. The number of rotatable bonds is 3. The number of hydrogen-bond donors (Lipinski definition) is 2. The van der Waals surface area contributed by atoms with Gasteiger partial charge in [-0.25, -0.2) is 4.98 Å². The zero-order chi connectivity index (χ0) is 14.1. The number of nitrogens with two attached hydrogens (primary N) is 1. The van der Waals surface area contributed by atoms with Crippen LogP contribution in [0.3, 0.4) is 0 Å². The smallest absolute Gasteiger partial charge is 0.138 e. The lowest BCUT2D eigenvalue weighted by Crippen LogP contribution is -2.25. The van der Waals surface area contributed by atoms with E-state index in [9.17, 15) is 5.11 Å². The minimum atomic E-state index is -0.604. The lowest BCUT2D eigenvalue weighted by molar-refractivity contribution is 0.00520. The average molecular weight is 275 g/mol. The Morgan fingerprint density at radius 3 is 3.05 bits per heavy atom. The van der Waals surface area contributed by atoms with Crippen LogP contribution in [0.15, 0.2) is 18.2 Å². The maximum Gasteiger partial charge on any atom is 0.138 e. The SMILES string of the molecule is CC(O)c1nc2cc(N)ccc2n1CC1CCCCO1. The topological polar surface area (TPSA) is 73.3 Å². The minimum absolute atomic E-state index is 0.205. The molecule has 2 heterocycles. The zero-order valence-electron chi connectivity index (χ0n) is 11.7. The van der Waals surface area contributed by atoms with Crippen molar-refractivity contribution in [2.24, 2.45) is 0 Å². The van der Waals surface area contributed by atoms with Crippen molar-refractivity contribution in [3.8, 4) is 0 Å². The number of nitrogens with zero attached hydrogens (tertiary/aromatic N) is 2. The molecule has 0 amide bonds. The molecular formula is C15H21N3O2. The van der Waals surface area contributed by atoms with E-state index in [4.69, 9.17) is 10.5 Å². The highest BCUT2D eigenvalue weighted by molar-refractivity contribution is 5.79. The van der Waals surface area contributed by atoms with Crippen LogP contribution in [-0.2, 0) is 11.3 Å². The molecule has 0 radical (unpaired) electrons. The summed E-state index contributed by atoms with van der Waals surface area (Å²) in [5.74, 6) is 0.680. The van der Waals surface area contributed by atoms with Gasteiger partial charge in [0.15, 0.2) is 0 Å². The molecule has 0 aliphatic carbocycles. The highest BCUT2D eigenvalue weighted by Crippen LogP contribution is 2.25. The molecule has 0 bridgehead atoms. The molecule has 108 valence electrons. The number of aromatic nitrogens is 2. The van der Waals surface area contributed by atoms with Gasteiger partial charge in [0.05, 0.1) is 23.7 Å².